The summed E-state index contributed by atoms with van der Waals surface area (Å²) in [4.78, 5) is 5.01. The van der Waals surface area contributed by atoms with Gasteiger partial charge in [0.05, 0.1) is 6.61 Å². The van der Waals surface area contributed by atoms with Crippen LogP contribution in [-0.2, 0) is 4.74 Å². The van der Waals surface area contributed by atoms with E-state index in [0.717, 1.165) is 32.3 Å². The first-order chi connectivity index (χ1) is 9.15. The summed E-state index contributed by atoms with van der Waals surface area (Å²) in [6.07, 6.45) is 3.74. The van der Waals surface area contributed by atoms with Crippen LogP contribution in [0, 0.1) is 5.41 Å². The standard InChI is InChI=1S/C15H31N3O/c1-4-7-16-11-15(6-9-19-13-15)12-18-8-5-14(10-18)17(2)3/h14,16H,4-13H2,1-3H3. The van der Waals surface area contributed by atoms with Crippen LogP contribution in [0.25, 0.3) is 0 Å². The summed E-state index contributed by atoms with van der Waals surface area (Å²) in [6.45, 7) is 10.0. The van der Waals surface area contributed by atoms with E-state index in [2.05, 4.69) is 36.1 Å². The van der Waals surface area contributed by atoms with Gasteiger partial charge in [0, 0.05) is 37.7 Å². The van der Waals surface area contributed by atoms with Gasteiger partial charge in [0.2, 0.25) is 0 Å². The van der Waals surface area contributed by atoms with Gasteiger partial charge in [-0.15, -0.1) is 0 Å². The van der Waals surface area contributed by atoms with Crippen LogP contribution < -0.4 is 5.32 Å². The van der Waals surface area contributed by atoms with Crippen molar-refractivity contribution in [3.05, 3.63) is 0 Å². The summed E-state index contributed by atoms with van der Waals surface area (Å²) in [5, 5.41) is 3.61. The summed E-state index contributed by atoms with van der Waals surface area (Å²) < 4.78 is 5.70. The molecule has 0 aromatic carbocycles. The first kappa shape index (κ1) is 15.2. The average Bonchev–Trinajstić information content (AvgIpc) is 3.00. The second-order valence-electron chi connectivity index (χ2n) is 6.62. The van der Waals surface area contributed by atoms with Crippen molar-refractivity contribution in [1.29, 1.82) is 0 Å². The summed E-state index contributed by atoms with van der Waals surface area (Å²) in [6, 6.07) is 0.739. The van der Waals surface area contributed by atoms with E-state index < -0.39 is 0 Å². The highest BCUT2D eigenvalue weighted by Gasteiger charge is 2.38. The van der Waals surface area contributed by atoms with Crippen molar-refractivity contribution in [3.63, 3.8) is 0 Å². The summed E-state index contributed by atoms with van der Waals surface area (Å²) in [7, 11) is 4.40. The van der Waals surface area contributed by atoms with E-state index in [1.165, 1.54) is 38.9 Å². The first-order valence-corrected chi connectivity index (χ1v) is 7.82. The van der Waals surface area contributed by atoms with Crippen LogP contribution >= 0.6 is 0 Å². The molecule has 2 rings (SSSR count). The van der Waals surface area contributed by atoms with Gasteiger partial charge in [0.1, 0.15) is 0 Å². The molecular formula is C15H31N3O. The van der Waals surface area contributed by atoms with Crippen molar-refractivity contribution in [3.8, 4) is 0 Å². The Hall–Kier alpha value is -0.160. The highest BCUT2D eigenvalue weighted by atomic mass is 16.5. The van der Waals surface area contributed by atoms with Crippen LogP contribution in [0.15, 0.2) is 0 Å². The van der Waals surface area contributed by atoms with Gasteiger partial charge in [-0.1, -0.05) is 6.92 Å². The average molecular weight is 269 g/mol. The van der Waals surface area contributed by atoms with Crippen LogP contribution in [0.1, 0.15) is 26.2 Å². The number of rotatable bonds is 7. The topological polar surface area (TPSA) is 27.7 Å². The summed E-state index contributed by atoms with van der Waals surface area (Å²) >= 11 is 0. The Morgan fingerprint density at radius 2 is 2.26 bits per heavy atom. The highest BCUT2D eigenvalue weighted by Crippen LogP contribution is 2.30. The van der Waals surface area contributed by atoms with Gasteiger partial charge in [-0.3, -0.25) is 0 Å². The van der Waals surface area contributed by atoms with Crippen molar-refractivity contribution < 1.29 is 4.74 Å². The number of nitrogens with one attached hydrogen (secondary N) is 1. The number of hydrogen-bond acceptors (Lipinski definition) is 4. The predicted molar refractivity (Wildman–Crippen MR) is 79.6 cm³/mol. The van der Waals surface area contributed by atoms with Crippen molar-refractivity contribution in [1.82, 2.24) is 15.1 Å². The molecule has 0 amide bonds. The maximum atomic E-state index is 5.70. The Balaban J connectivity index is 1.83. The van der Waals surface area contributed by atoms with Crippen LogP contribution in [0.4, 0.5) is 0 Å². The first-order valence-electron chi connectivity index (χ1n) is 7.82. The van der Waals surface area contributed by atoms with E-state index in [0.29, 0.717) is 5.41 Å². The van der Waals surface area contributed by atoms with Crippen LogP contribution in [0.3, 0.4) is 0 Å². The molecule has 0 spiro atoms. The molecule has 0 radical (unpaired) electrons. The van der Waals surface area contributed by atoms with E-state index in [4.69, 9.17) is 4.74 Å². The summed E-state index contributed by atoms with van der Waals surface area (Å²) in [5.74, 6) is 0. The van der Waals surface area contributed by atoms with Gasteiger partial charge in [-0.05, 0) is 46.4 Å². The van der Waals surface area contributed by atoms with Crippen molar-refractivity contribution in [2.45, 2.75) is 32.2 Å². The number of nitrogens with zero attached hydrogens (tertiary/aromatic N) is 2. The van der Waals surface area contributed by atoms with Gasteiger partial charge >= 0.3 is 0 Å². The lowest BCUT2D eigenvalue weighted by Crippen LogP contribution is -2.45. The number of likely N-dealkylation sites (N-methyl/N-ethyl adjacent to an activating group) is 1. The third-order valence-electron chi connectivity index (χ3n) is 4.65. The normalized spacial score (nSPS) is 32.5. The number of ether oxygens (including phenoxy) is 1. The lowest BCUT2D eigenvalue weighted by molar-refractivity contribution is 0.115. The van der Waals surface area contributed by atoms with Crippen LogP contribution in [0.5, 0.6) is 0 Å². The molecule has 2 fully saturated rings. The Kier molecular flexibility index (Phi) is 5.63. The fourth-order valence-corrected chi connectivity index (χ4v) is 3.35. The molecule has 0 aromatic heterocycles. The molecule has 112 valence electrons. The Labute approximate surface area is 118 Å². The maximum absolute atomic E-state index is 5.70. The second kappa shape index (κ2) is 7.02. The molecule has 1 N–H and O–H groups in total. The van der Waals surface area contributed by atoms with Crippen LogP contribution in [-0.4, -0.2) is 75.9 Å². The van der Waals surface area contributed by atoms with E-state index in [1.807, 2.05) is 0 Å². The molecule has 0 bridgehead atoms. The quantitative estimate of drug-likeness (QED) is 0.699. The van der Waals surface area contributed by atoms with Gasteiger partial charge < -0.3 is 19.9 Å². The molecule has 0 saturated carbocycles. The fraction of sp³-hybridized carbons (Fsp3) is 1.00. The fourth-order valence-electron chi connectivity index (χ4n) is 3.35. The Morgan fingerprint density at radius 3 is 2.84 bits per heavy atom. The molecule has 4 heteroatoms. The molecular weight excluding hydrogens is 238 g/mol. The van der Waals surface area contributed by atoms with Gasteiger partial charge in [-0.25, -0.2) is 0 Å². The minimum Gasteiger partial charge on any atom is -0.381 e. The smallest absolute Gasteiger partial charge is 0.0547 e. The molecule has 19 heavy (non-hydrogen) atoms. The van der Waals surface area contributed by atoms with Gasteiger partial charge in [-0.2, -0.15) is 0 Å². The van der Waals surface area contributed by atoms with Crippen molar-refractivity contribution in [2.24, 2.45) is 5.41 Å². The minimum absolute atomic E-state index is 0.358. The predicted octanol–water partition coefficient (Wildman–Crippen LogP) is 1.03. The van der Waals surface area contributed by atoms with Crippen molar-refractivity contribution in [2.75, 3.05) is 60.0 Å². The zero-order chi connectivity index (χ0) is 13.7. The van der Waals surface area contributed by atoms with E-state index >= 15 is 0 Å². The van der Waals surface area contributed by atoms with Gasteiger partial charge in [0.15, 0.2) is 0 Å². The second-order valence-corrected chi connectivity index (χ2v) is 6.62. The maximum Gasteiger partial charge on any atom is 0.0547 e. The summed E-state index contributed by atoms with van der Waals surface area (Å²) in [5.41, 5.74) is 0.358. The Bertz CT molecular complexity index is 264. The molecule has 0 aromatic rings. The monoisotopic (exact) mass is 269 g/mol. The molecule has 2 atom stereocenters. The molecule has 2 aliphatic heterocycles. The van der Waals surface area contributed by atoms with E-state index in [1.54, 1.807) is 0 Å². The largest absolute Gasteiger partial charge is 0.381 e. The molecule has 0 aliphatic carbocycles. The van der Waals surface area contributed by atoms with Crippen molar-refractivity contribution >= 4 is 0 Å². The number of likely N-dealkylation sites (tertiary alicyclic amines) is 1. The molecule has 2 unspecified atom stereocenters. The molecule has 2 saturated heterocycles. The number of hydrogen-bond donors (Lipinski definition) is 1. The highest BCUT2D eigenvalue weighted by molar-refractivity contribution is 4.91. The SMILES string of the molecule is CCCNCC1(CN2CCC(N(C)C)C2)CCOC1. The molecule has 4 nitrogen and oxygen atoms in total. The lowest BCUT2D eigenvalue weighted by Gasteiger charge is -2.33. The third-order valence-corrected chi connectivity index (χ3v) is 4.65. The Morgan fingerprint density at radius 1 is 1.42 bits per heavy atom. The molecule has 2 heterocycles. The van der Waals surface area contributed by atoms with Crippen LogP contribution in [0.2, 0.25) is 0 Å². The molecule has 2 aliphatic rings. The minimum atomic E-state index is 0.358. The van der Waals surface area contributed by atoms with Gasteiger partial charge in [0.25, 0.3) is 0 Å². The van der Waals surface area contributed by atoms with E-state index in [9.17, 15) is 0 Å². The zero-order valence-corrected chi connectivity index (χ0v) is 13.0. The zero-order valence-electron chi connectivity index (χ0n) is 13.0. The third kappa shape index (κ3) is 4.15. The van der Waals surface area contributed by atoms with E-state index in [-0.39, 0.29) is 0 Å². The lowest BCUT2D eigenvalue weighted by atomic mass is 9.86.